The van der Waals surface area contributed by atoms with Crippen LogP contribution in [-0.2, 0) is 30.8 Å². The average Bonchev–Trinajstić information content (AvgIpc) is 3.50. The van der Waals surface area contributed by atoms with E-state index in [1.807, 2.05) is 12.1 Å². The van der Waals surface area contributed by atoms with E-state index in [1.54, 1.807) is 12.1 Å². The Labute approximate surface area is 262 Å². The summed E-state index contributed by atoms with van der Waals surface area (Å²) in [5, 5.41) is 6.07. The van der Waals surface area contributed by atoms with Crippen molar-refractivity contribution in [3.63, 3.8) is 0 Å². The van der Waals surface area contributed by atoms with Gasteiger partial charge < -0.3 is 10.6 Å². The molecule has 3 aromatic rings. The summed E-state index contributed by atoms with van der Waals surface area (Å²) >= 11 is 0. The molecule has 8 nitrogen and oxygen atoms in total. The summed E-state index contributed by atoms with van der Waals surface area (Å²) in [4.78, 5) is 13.1. The van der Waals surface area contributed by atoms with E-state index in [-0.39, 0.29) is 35.5 Å². The third-order valence-corrected chi connectivity index (χ3v) is 11.8. The molecule has 1 aliphatic carbocycles. The quantitative estimate of drug-likeness (QED) is 0.283. The van der Waals surface area contributed by atoms with Crippen molar-refractivity contribution < 1.29 is 34.8 Å². The topological polar surface area (TPSA) is 113 Å². The number of nitrogens with zero attached hydrogens (tertiary/aromatic N) is 1. The summed E-state index contributed by atoms with van der Waals surface area (Å²) in [6.07, 6.45) is 1.22. The van der Waals surface area contributed by atoms with Gasteiger partial charge in [-0.05, 0) is 80.1 Å². The Hall–Kier alpha value is -3.42. The number of carbonyl (C=O) groups is 1. The molecule has 1 saturated carbocycles. The summed E-state index contributed by atoms with van der Waals surface area (Å²) in [6, 6.07) is 15.3. The summed E-state index contributed by atoms with van der Waals surface area (Å²) < 4.78 is 95.6. The number of anilines is 2. The van der Waals surface area contributed by atoms with Crippen molar-refractivity contribution >= 4 is 37.1 Å². The van der Waals surface area contributed by atoms with Crippen LogP contribution in [0.15, 0.2) is 76.5 Å². The average molecular weight is 664 g/mol. The molecule has 5 rings (SSSR count). The van der Waals surface area contributed by atoms with Crippen molar-refractivity contribution in [2.24, 2.45) is 5.92 Å². The molecule has 2 atom stereocenters. The maximum Gasteiger partial charge on any atom is 0.416 e. The predicted molar refractivity (Wildman–Crippen MR) is 166 cm³/mol. The number of rotatable bonds is 8. The molecule has 1 amide bonds. The first-order valence-electron chi connectivity index (χ1n) is 14.8. The Morgan fingerprint density at radius 1 is 0.844 bits per heavy atom. The Morgan fingerprint density at radius 3 is 2.09 bits per heavy atom. The number of carbonyl (C=O) groups excluding carboxylic acids is 1. The van der Waals surface area contributed by atoms with E-state index < -0.39 is 54.4 Å². The largest absolute Gasteiger partial charge is 0.416 e. The Bertz CT molecular complexity index is 1770. The van der Waals surface area contributed by atoms with Gasteiger partial charge >= 0.3 is 6.18 Å². The van der Waals surface area contributed by atoms with Gasteiger partial charge in [0.1, 0.15) is 4.90 Å². The number of nitrogens with one attached hydrogen (secondary N) is 2. The van der Waals surface area contributed by atoms with Crippen LogP contribution < -0.4 is 10.6 Å². The fourth-order valence-electron chi connectivity index (χ4n) is 6.33. The molecule has 1 heterocycles. The van der Waals surface area contributed by atoms with E-state index in [2.05, 4.69) is 10.6 Å². The van der Waals surface area contributed by atoms with Crippen LogP contribution in [0.5, 0.6) is 0 Å². The lowest BCUT2D eigenvalue weighted by Crippen LogP contribution is -2.46. The number of amides is 1. The number of piperidine rings is 1. The number of sulfone groups is 1. The van der Waals surface area contributed by atoms with E-state index in [0.29, 0.717) is 11.6 Å². The van der Waals surface area contributed by atoms with Gasteiger partial charge in [-0.15, -0.1) is 0 Å². The molecule has 1 aliphatic heterocycles. The molecule has 13 heteroatoms. The summed E-state index contributed by atoms with van der Waals surface area (Å²) in [5.41, 5.74) is 0.414. The molecular weight excluding hydrogens is 627 g/mol. The molecule has 45 heavy (non-hydrogen) atoms. The molecule has 2 N–H and O–H groups in total. The zero-order valence-electron chi connectivity index (χ0n) is 25.0. The summed E-state index contributed by atoms with van der Waals surface area (Å²) in [5.74, 6) is -1.62. The third-order valence-electron chi connectivity index (χ3n) is 8.55. The van der Waals surface area contributed by atoms with Crippen LogP contribution in [0, 0.1) is 12.8 Å². The Kier molecular flexibility index (Phi) is 9.35. The van der Waals surface area contributed by atoms with Gasteiger partial charge in [-0.1, -0.05) is 43.2 Å². The molecule has 0 unspecified atom stereocenters. The van der Waals surface area contributed by atoms with Crippen LogP contribution in [0.4, 0.5) is 24.5 Å². The van der Waals surface area contributed by atoms with Crippen LogP contribution in [-0.4, -0.2) is 45.9 Å². The highest BCUT2D eigenvalue weighted by Crippen LogP contribution is 2.42. The Balaban J connectivity index is 1.54. The van der Waals surface area contributed by atoms with Gasteiger partial charge in [0.2, 0.25) is 15.9 Å². The maximum absolute atomic E-state index is 14.2. The molecule has 2 aliphatic rings. The van der Waals surface area contributed by atoms with Gasteiger partial charge in [0, 0.05) is 30.2 Å². The second-order valence-electron chi connectivity index (χ2n) is 11.8. The van der Waals surface area contributed by atoms with Crippen LogP contribution >= 0.6 is 0 Å². The molecule has 2 fully saturated rings. The monoisotopic (exact) mass is 663 g/mol. The van der Waals surface area contributed by atoms with Crippen LogP contribution in [0.2, 0.25) is 0 Å². The maximum atomic E-state index is 14.2. The minimum Gasteiger partial charge on any atom is -0.382 e. The first-order valence-corrected chi connectivity index (χ1v) is 18.2. The van der Waals surface area contributed by atoms with Gasteiger partial charge in [-0.2, -0.15) is 17.5 Å². The van der Waals surface area contributed by atoms with Crippen molar-refractivity contribution in [1.82, 2.24) is 4.31 Å². The highest BCUT2D eigenvalue weighted by atomic mass is 32.2. The number of alkyl halides is 3. The second-order valence-corrected chi connectivity index (χ2v) is 15.6. The fourth-order valence-corrected chi connectivity index (χ4v) is 9.62. The first-order chi connectivity index (χ1) is 21.2. The minimum atomic E-state index is -4.62. The predicted octanol–water partition coefficient (Wildman–Crippen LogP) is 6.55. The number of hydrogen-bond acceptors (Lipinski definition) is 6. The van der Waals surface area contributed by atoms with Gasteiger partial charge in [0.15, 0.2) is 9.84 Å². The summed E-state index contributed by atoms with van der Waals surface area (Å²) in [6.45, 7) is 1.34. The molecule has 0 spiro atoms. The lowest BCUT2D eigenvalue weighted by atomic mass is 9.85. The standard InChI is InChI=1S/C32H36F3N3O5S2/c1-21-13-16-25(20-27(21)32(33,34)35)37-31(39)26-10-7-19-38(45(42,43)29-12-6-5-11-28(29)44(2,40)41)30(26)22-14-17-24(18-15-22)36-23-8-3-4-9-23/h5-6,11-18,20,23,26,30,36H,3-4,7-10,19H2,1-2H3,(H,37,39)/t26-,30-/m0/s1. The smallest absolute Gasteiger partial charge is 0.382 e. The van der Waals surface area contributed by atoms with Gasteiger partial charge in [-0.25, -0.2) is 16.8 Å². The van der Waals surface area contributed by atoms with Crippen molar-refractivity contribution in [3.8, 4) is 0 Å². The molecule has 0 radical (unpaired) electrons. The van der Waals surface area contributed by atoms with E-state index in [4.69, 9.17) is 0 Å². The van der Waals surface area contributed by atoms with Crippen molar-refractivity contribution in [1.29, 1.82) is 0 Å². The third kappa shape index (κ3) is 7.20. The highest BCUT2D eigenvalue weighted by Gasteiger charge is 2.44. The minimum absolute atomic E-state index is 0.00385. The zero-order valence-corrected chi connectivity index (χ0v) is 26.6. The van der Waals surface area contributed by atoms with Crippen molar-refractivity contribution in [3.05, 3.63) is 83.4 Å². The normalized spacial score (nSPS) is 20.2. The van der Waals surface area contributed by atoms with E-state index in [9.17, 15) is 34.8 Å². The van der Waals surface area contributed by atoms with E-state index in [0.717, 1.165) is 48.0 Å². The lowest BCUT2D eigenvalue weighted by molar-refractivity contribution is -0.138. The van der Waals surface area contributed by atoms with Crippen molar-refractivity contribution in [2.45, 2.75) is 73.5 Å². The number of sulfonamides is 1. The van der Waals surface area contributed by atoms with E-state index in [1.165, 1.54) is 43.3 Å². The lowest BCUT2D eigenvalue weighted by Gasteiger charge is -2.40. The molecular formula is C32H36F3N3O5S2. The zero-order chi connectivity index (χ0) is 32.6. The first kappa shape index (κ1) is 33.0. The van der Waals surface area contributed by atoms with Crippen LogP contribution in [0.25, 0.3) is 0 Å². The van der Waals surface area contributed by atoms with Gasteiger partial charge in [-0.3, -0.25) is 4.79 Å². The fraction of sp³-hybridized carbons (Fsp3) is 0.406. The second kappa shape index (κ2) is 12.8. The molecule has 1 saturated heterocycles. The number of benzene rings is 3. The number of hydrogen-bond donors (Lipinski definition) is 2. The SMILES string of the molecule is Cc1ccc(NC(=O)[C@H]2CCCN(S(=O)(=O)c3ccccc3S(C)(=O)=O)[C@H]2c2ccc(NC3CCCC3)cc2)cc1C(F)(F)F. The molecule has 242 valence electrons. The van der Waals surface area contributed by atoms with E-state index >= 15 is 0 Å². The molecule has 0 bridgehead atoms. The van der Waals surface area contributed by atoms with Gasteiger partial charge in [0.05, 0.1) is 22.4 Å². The van der Waals surface area contributed by atoms with Crippen LogP contribution in [0.1, 0.15) is 61.3 Å². The number of aryl methyl sites for hydroxylation is 1. The highest BCUT2D eigenvalue weighted by molar-refractivity contribution is 7.93. The van der Waals surface area contributed by atoms with Crippen molar-refractivity contribution in [2.75, 3.05) is 23.4 Å². The summed E-state index contributed by atoms with van der Waals surface area (Å²) in [7, 11) is -8.39. The molecule has 3 aromatic carbocycles. The molecule has 0 aromatic heterocycles. The Morgan fingerprint density at radius 2 is 1.47 bits per heavy atom. The number of halogens is 3. The van der Waals surface area contributed by atoms with Gasteiger partial charge in [0.25, 0.3) is 0 Å². The van der Waals surface area contributed by atoms with Crippen LogP contribution in [0.3, 0.4) is 0 Å².